The molecule has 1 aliphatic rings. The molecule has 0 atom stereocenters. The number of carbonyl (C=O) groups excluding carboxylic acids is 2. The minimum Gasteiger partial charge on any atom is -0.865 e. The maximum atomic E-state index is 12.6. The molecular weight excluding hydrogens is 408 g/mol. The third-order valence-electron chi connectivity index (χ3n) is 3.90. The van der Waals surface area contributed by atoms with Gasteiger partial charge in [-0.15, -0.1) is 0 Å². The van der Waals surface area contributed by atoms with Crippen LogP contribution in [0.1, 0.15) is 11.1 Å². The molecule has 1 fully saturated rings. The second kappa shape index (κ2) is 7.91. The maximum absolute atomic E-state index is 12.6. The Labute approximate surface area is 168 Å². The SMILES string of the molecule is COc1cc(/C=C2\SC(=O)N(Cc3ccc(Cl)cc3)C2=O)cc([N+](=O)[O-])c1[O-]. The number of benzene rings is 2. The Balaban J connectivity index is 1.90. The van der Waals surface area contributed by atoms with Crippen molar-refractivity contribution in [1.29, 1.82) is 0 Å². The highest BCUT2D eigenvalue weighted by Gasteiger charge is 2.35. The van der Waals surface area contributed by atoms with Crippen LogP contribution in [0.4, 0.5) is 10.5 Å². The predicted molar refractivity (Wildman–Crippen MR) is 102 cm³/mol. The Morgan fingerprint density at radius 1 is 1.25 bits per heavy atom. The molecule has 0 aromatic heterocycles. The molecule has 0 aliphatic carbocycles. The lowest BCUT2D eigenvalue weighted by molar-refractivity contribution is -0.398. The van der Waals surface area contributed by atoms with Gasteiger partial charge in [0.05, 0.1) is 23.5 Å². The lowest BCUT2D eigenvalue weighted by Gasteiger charge is -2.13. The zero-order valence-corrected chi connectivity index (χ0v) is 16.0. The Morgan fingerprint density at radius 3 is 2.54 bits per heavy atom. The number of nitrogens with zero attached hydrogens (tertiary/aromatic N) is 2. The average molecular weight is 420 g/mol. The molecule has 2 amide bonds. The van der Waals surface area contributed by atoms with E-state index in [9.17, 15) is 24.8 Å². The van der Waals surface area contributed by atoms with Gasteiger partial charge < -0.3 is 9.84 Å². The summed E-state index contributed by atoms with van der Waals surface area (Å²) in [6.07, 6.45) is 1.32. The van der Waals surface area contributed by atoms with Gasteiger partial charge in [0.15, 0.2) is 0 Å². The van der Waals surface area contributed by atoms with Crippen LogP contribution in [0.2, 0.25) is 5.02 Å². The number of rotatable bonds is 5. The first-order valence-corrected chi connectivity index (χ1v) is 9.03. The number of carbonyl (C=O) groups is 2. The fourth-order valence-corrected chi connectivity index (χ4v) is 3.50. The highest BCUT2D eigenvalue weighted by atomic mass is 35.5. The molecule has 3 rings (SSSR count). The van der Waals surface area contributed by atoms with Crippen molar-refractivity contribution in [2.45, 2.75) is 6.54 Å². The van der Waals surface area contributed by atoms with Crippen LogP contribution in [0.3, 0.4) is 0 Å². The second-order valence-electron chi connectivity index (χ2n) is 5.72. The average Bonchev–Trinajstić information content (AvgIpc) is 2.91. The van der Waals surface area contributed by atoms with Crippen LogP contribution in [-0.2, 0) is 11.3 Å². The van der Waals surface area contributed by atoms with Gasteiger partial charge in [0.25, 0.3) is 16.8 Å². The number of hydrogen-bond acceptors (Lipinski definition) is 7. The largest absolute Gasteiger partial charge is 0.865 e. The first-order valence-electron chi connectivity index (χ1n) is 7.83. The van der Waals surface area contributed by atoms with Crippen LogP contribution >= 0.6 is 23.4 Å². The van der Waals surface area contributed by atoms with Crippen molar-refractivity contribution in [1.82, 2.24) is 4.90 Å². The van der Waals surface area contributed by atoms with Crippen LogP contribution < -0.4 is 9.84 Å². The predicted octanol–water partition coefficient (Wildman–Crippen LogP) is 3.57. The first-order chi connectivity index (χ1) is 13.3. The normalized spacial score (nSPS) is 15.4. The topological polar surface area (TPSA) is 113 Å². The molecule has 10 heteroatoms. The fourth-order valence-electron chi connectivity index (χ4n) is 2.54. The maximum Gasteiger partial charge on any atom is 0.293 e. The Bertz CT molecular complexity index is 1010. The van der Waals surface area contributed by atoms with Crippen molar-refractivity contribution >= 4 is 46.3 Å². The second-order valence-corrected chi connectivity index (χ2v) is 7.15. The number of hydrogen-bond donors (Lipinski definition) is 0. The van der Waals surface area contributed by atoms with E-state index in [0.717, 1.165) is 16.5 Å². The molecule has 0 radical (unpaired) electrons. The third-order valence-corrected chi connectivity index (χ3v) is 5.06. The molecule has 0 spiro atoms. The number of nitro groups is 1. The lowest BCUT2D eigenvalue weighted by Crippen LogP contribution is -2.27. The zero-order valence-electron chi connectivity index (χ0n) is 14.4. The fraction of sp³-hybridized carbons (Fsp3) is 0.111. The summed E-state index contributed by atoms with van der Waals surface area (Å²) in [5.74, 6) is -1.61. The van der Waals surface area contributed by atoms with Gasteiger partial charge in [-0.3, -0.25) is 24.6 Å². The lowest BCUT2D eigenvalue weighted by atomic mass is 10.1. The van der Waals surface area contributed by atoms with Crippen LogP contribution in [0.5, 0.6) is 11.5 Å². The van der Waals surface area contributed by atoms with Gasteiger partial charge >= 0.3 is 0 Å². The Morgan fingerprint density at radius 2 is 1.93 bits per heavy atom. The molecule has 2 aromatic rings. The van der Waals surface area contributed by atoms with E-state index in [4.69, 9.17) is 16.3 Å². The van der Waals surface area contributed by atoms with E-state index in [1.165, 1.54) is 19.3 Å². The monoisotopic (exact) mass is 419 g/mol. The molecule has 0 unspecified atom stereocenters. The van der Waals surface area contributed by atoms with E-state index in [1.807, 2.05) is 0 Å². The van der Waals surface area contributed by atoms with Gasteiger partial charge in [-0.2, -0.15) is 0 Å². The van der Waals surface area contributed by atoms with Crippen LogP contribution in [0, 0.1) is 10.1 Å². The molecule has 28 heavy (non-hydrogen) atoms. The number of imide groups is 1. The molecule has 144 valence electrons. The van der Waals surface area contributed by atoms with Crippen molar-refractivity contribution < 1.29 is 24.4 Å². The molecule has 0 saturated carbocycles. The van der Waals surface area contributed by atoms with Gasteiger partial charge in [-0.25, -0.2) is 0 Å². The number of nitro benzene ring substituents is 1. The standard InChI is InChI=1S/C18H13ClN2O6S/c1-27-14-7-11(6-13(16(14)22)21(25)26)8-15-17(23)20(18(24)28-15)9-10-2-4-12(19)5-3-10/h2-8,22H,9H2,1H3/p-1/b15-8-. The number of methoxy groups -OCH3 is 1. The molecule has 2 aromatic carbocycles. The summed E-state index contributed by atoms with van der Waals surface area (Å²) in [4.78, 5) is 36.2. The van der Waals surface area contributed by atoms with Gasteiger partial charge in [0, 0.05) is 16.8 Å². The van der Waals surface area contributed by atoms with Crippen molar-refractivity contribution in [2.24, 2.45) is 0 Å². The highest BCUT2D eigenvalue weighted by molar-refractivity contribution is 8.18. The summed E-state index contributed by atoms with van der Waals surface area (Å²) in [5.41, 5.74) is 0.257. The van der Waals surface area contributed by atoms with Gasteiger partial charge in [0.2, 0.25) is 0 Å². The van der Waals surface area contributed by atoms with Crippen molar-refractivity contribution in [2.75, 3.05) is 7.11 Å². The van der Waals surface area contributed by atoms with Gasteiger partial charge in [-0.05, 0) is 47.2 Å². The van der Waals surface area contributed by atoms with E-state index >= 15 is 0 Å². The molecule has 8 nitrogen and oxygen atoms in total. The number of thioether (sulfide) groups is 1. The Hall–Kier alpha value is -3.04. The van der Waals surface area contributed by atoms with Crippen molar-refractivity contribution in [3.05, 3.63) is 67.6 Å². The molecule has 1 aliphatic heterocycles. The summed E-state index contributed by atoms with van der Waals surface area (Å²) in [5, 5.41) is 23.0. The summed E-state index contributed by atoms with van der Waals surface area (Å²) in [6, 6.07) is 9.04. The molecule has 0 N–H and O–H groups in total. The molecule has 1 heterocycles. The number of halogens is 1. The summed E-state index contributed by atoms with van der Waals surface area (Å²) < 4.78 is 4.87. The quantitative estimate of drug-likeness (QED) is 0.413. The van der Waals surface area contributed by atoms with E-state index in [1.54, 1.807) is 24.3 Å². The first kappa shape index (κ1) is 19.7. The van der Waals surface area contributed by atoms with Gasteiger partial charge in [-0.1, -0.05) is 23.7 Å². The molecule has 0 bridgehead atoms. The van der Waals surface area contributed by atoms with Crippen LogP contribution in [0.25, 0.3) is 6.08 Å². The minimum absolute atomic E-state index is 0.0716. The van der Waals surface area contributed by atoms with Crippen LogP contribution in [-0.4, -0.2) is 28.1 Å². The van der Waals surface area contributed by atoms with E-state index in [2.05, 4.69) is 0 Å². The summed E-state index contributed by atoms with van der Waals surface area (Å²) >= 11 is 6.54. The number of ether oxygens (including phenoxy) is 1. The number of amides is 2. The van der Waals surface area contributed by atoms with Crippen LogP contribution in [0.15, 0.2) is 41.3 Å². The summed E-state index contributed by atoms with van der Waals surface area (Å²) in [6.45, 7) is 0.0716. The highest BCUT2D eigenvalue weighted by Crippen LogP contribution is 2.38. The molecule has 1 saturated heterocycles. The van der Waals surface area contributed by atoms with Crippen molar-refractivity contribution in [3.8, 4) is 11.5 Å². The smallest absolute Gasteiger partial charge is 0.293 e. The Kier molecular flexibility index (Phi) is 5.57. The van der Waals surface area contributed by atoms with Crippen molar-refractivity contribution in [3.63, 3.8) is 0 Å². The molecular formula is C18H12ClN2O6S-. The van der Waals surface area contributed by atoms with E-state index in [-0.39, 0.29) is 22.8 Å². The van der Waals surface area contributed by atoms with E-state index < -0.39 is 27.5 Å². The zero-order chi connectivity index (χ0) is 20.4. The third kappa shape index (κ3) is 3.95. The summed E-state index contributed by atoms with van der Waals surface area (Å²) in [7, 11) is 1.21. The van der Waals surface area contributed by atoms with Gasteiger partial charge in [0.1, 0.15) is 5.75 Å². The minimum atomic E-state index is -0.861. The van der Waals surface area contributed by atoms with E-state index in [0.29, 0.717) is 16.8 Å².